The lowest BCUT2D eigenvalue weighted by Crippen LogP contribution is -2.38. The largest absolute Gasteiger partial charge is 0.286 e. The number of rotatable bonds is 2. The van der Waals surface area contributed by atoms with Crippen LogP contribution in [0.15, 0.2) is 0 Å². The molecule has 10 heavy (non-hydrogen) atoms. The molecule has 0 aromatic rings. The number of hydrogen-bond donors (Lipinski definition) is 1. The number of hydrogen-bond acceptors (Lipinski definition) is 3. The van der Waals surface area contributed by atoms with Crippen LogP contribution < -0.4 is 5.90 Å². The quantitative estimate of drug-likeness (QED) is 0.580. The third kappa shape index (κ3) is 1.48. The lowest BCUT2D eigenvalue weighted by Gasteiger charge is -2.25. The van der Waals surface area contributed by atoms with Crippen molar-refractivity contribution >= 4 is 0 Å². The van der Waals surface area contributed by atoms with Gasteiger partial charge in [-0.25, -0.2) is 5.90 Å². The lowest BCUT2D eigenvalue weighted by molar-refractivity contribution is -0.0500. The number of nitrogens with two attached hydrogens (primary N) is 1. The molecular formula is C7H16N2O. The molecule has 1 heterocycles. The Bertz CT molecular complexity index is 106. The van der Waals surface area contributed by atoms with Gasteiger partial charge in [0, 0.05) is 12.6 Å². The maximum absolute atomic E-state index is 5.12. The molecule has 1 atom stereocenters. The summed E-state index contributed by atoms with van der Waals surface area (Å²) in [6, 6.07) is 0.552. The van der Waals surface area contributed by atoms with Gasteiger partial charge in [0.15, 0.2) is 0 Å². The molecule has 1 aliphatic rings. The summed E-state index contributed by atoms with van der Waals surface area (Å²) < 4.78 is 0. The van der Waals surface area contributed by atoms with Crippen LogP contribution >= 0.6 is 0 Å². The SMILES string of the molecule is CC(C)N1CCCC1ON. The van der Waals surface area contributed by atoms with Crippen molar-refractivity contribution in [1.29, 1.82) is 0 Å². The molecule has 0 saturated carbocycles. The van der Waals surface area contributed by atoms with Gasteiger partial charge in [0.25, 0.3) is 0 Å². The van der Waals surface area contributed by atoms with Gasteiger partial charge < -0.3 is 0 Å². The van der Waals surface area contributed by atoms with E-state index in [2.05, 4.69) is 18.7 Å². The van der Waals surface area contributed by atoms with E-state index < -0.39 is 0 Å². The Morgan fingerprint density at radius 2 is 2.30 bits per heavy atom. The summed E-state index contributed by atoms with van der Waals surface area (Å²) in [7, 11) is 0. The van der Waals surface area contributed by atoms with Crippen LogP contribution in [0.3, 0.4) is 0 Å². The van der Waals surface area contributed by atoms with Gasteiger partial charge in [-0.3, -0.25) is 9.74 Å². The summed E-state index contributed by atoms with van der Waals surface area (Å²) in [5, 5.41) is 0. The topological polar surface area (TPSA) is 38.5 Å². The van der Waals surface area contributed by atoms with E-state index in [1.165, 1.54) is 6.42 Å². The molecule has 0 bridgehead atoms. The highest BCUT2D eigenvalue weighted by molar-refractivity contribution is 4.74. The molecule has 0 amide bonds. The predicted octanol–water partition coefficient (Wildman–Crippen LogP) is 0.707. The second-order valence-electron chi connectivity index (χ2n) is 3.06. The molecule has 3 nitrogen and oxygen atoms in total. The lowest BCUT2D eigenvalue weighted by atomic mass is 10.3. The van der Waals surface area contributed by atoms with Gasteiger partial charge in [-0.05, 0) is 26.7 Å². The fraction of sp³-hybridized carbons (Fsp3) is 1.00. The van der Waals surface area contributed by atoms with Gasteiger partial charge in [0.2, 0.25) is 0 Å². The Morgan fingerprint density at radius 1 is 1.60 bits per heavy atom. The monoisotopic (exact) mass is 144 g/mol. The molecular weight excluding hydrogens is 128 g/mol. The molecule has 3 heteroatoms. The summed E-state index contributed by atoms with van der Waals surface area (Å²) in [6.07, 6.45) is 2.45. The van der Waals surface area contributed by atoms with E-state index in [-0.39, 0.29) is 6.23 Å². The highest BCUT2D eigenvalue weighted by Gasteiger charge is 2.26. The molecule has 1 rings (SSSR count). The van der Waals surface area contributed by atoms with E-state index in [1.807, 2.05) is 0 Å². The average Bonchev–Trinajstić information content (AvgIpc) is 2.33. The Kier molecular flexibility index (Phi) is 2.65. The third-order valence-electron chi connectivity index (χ3n) is 2.06. The van der Waals surface area contributed by atoms with E-state index in [4.69, 9.17) is 10.7 Å². The molecule has 1 fully saturated rings. The summed E-state index contributed by atoms with van der Waals surface area (Å²) in [5.41, 5.74) is 0. The Hall–Kier alpha value is -0.120. The first-order valence-electron chi connectivity index (χ1n) is 3.87. The highest BCUT2D eigenvalue weighted by Crippen LogP contribution is 2.18. The molecule has 2 N–H and O–H groups in total. The van der Waals surface area contributed by atoms with Gasteiger partial charge >= 0.3 is 0 Å². The molecule has 1 unspecified atom stereocenters. The van der Waals surface area contributed by atoms with E-state index in [1.54, 1.807) is 0 Å². The molecule has 0 radical (unpaired) electrons. The average molecular weight is 144 g/mol. The minimum Gasteiger partial charge on any atom is -0.286 e. The first-order valence-corrected chi connectivity index (χ1v) is 3.87. The molecule has 0 aliphatic carbocycles. The zero-order valence-electron chi connectivity index (χ0n) is 6.71. The molecule has 60 valence electrons. The van der Waals surface area contributed by atoms with Crippen molar-refractivity contribution in [2.24, 2.45) is 5.90 Å². The number of nitrogens with zero attached hydrogens (tertiary/aromatic N) is 1. The minimum absolute atomic E-state index is 0.167. The highest BCUT2D eigenvalue weighted by atomic mass is 16.6. The van der Waals surface area contributed by atoms with Crippen molar-refractivity contribution in [2.45, 2.75) is 39.0 Å². The summed E-state index contributed by atoms with van der Waals surface area (Å²) >= 11 is 0. The molecule has 1 saturated heterocycles. The van der Waals surface area contributed by atoms with Gasteiger partial charge in [-0.2, -0.15) is 0 Å². The maximum atomic E-state index is 5.12. The molecule has 0 aromatic carbocycles. The van der Waals surface area contributed by atoms with Gasteiger partial charge in [0.05, 0.1) is 0 Å². The molecule has 0 spiro atoms. The van der Waals surface area contributed by atoms with Crippen LogP contribution in [0.25, 0.3) is 0 Å². The standard InChI is InChI=1S/C7H16N2O/c1-6(2)9-5-3-4-7(9)10-8/h6-7H,3-5,8H2,1-2H3. The van der Waals surface area contributed by atoms with E-state index >= 15 is 0 Å². The van der Waals surface area contributed by atoms with Crippen molar-refractivity contribution in [3.05, 3.63) is 0 Å². The summed E-state index contributed by atoms with van der Waals surface area (Å²) in [5.74, 6) is 5.12. The minimum atomic E-state index is 0.167. The fourth-order valence-electron chi connectivity index (χ4n) is 1.50. The van der Waals surface area contributed by atoms with Gasteiger partial charge in [-0.15, -0.1) is 0 Å². The Labute approximate surface area is 62.1 Å². The second-order valence-corrected chi connectivity index (χ2v) is 3.06. The summed E-state index contributed by atoms with van der Waals surface area (Å²) in [4.78, 5) is 7.09. The molecule has 1 aliphatic heterocycles. The van der Waals surface area contributed by atoms with Crippen LogP contribution in [-0.4, -0.2) is 23.7 Å². The van der Waals surface area contributed by atoms with Crippen molar-refractivity contribution < 1.29 is 4.84 Å². The van der Waals surface area contributed by atoms with Crippen molar-refractivity contribution in [1.82, 2.24) is 4.90 Å². The van der Waals surface area contributed by atoms with Crippen molar-refractivity contribution in [3.63, 3.8) is 0 Å². The van der Waals surface area contributed by atoms with E-state index in [0.717, 1.165) is 13.0 Å². The first-order chi connectivity index (χ1) is 4.75. The first kappa shape index (κ1) is 7.98. The zero-order chi connectivity index (χ0) is 7.56. The van der Waals surface area contributed by atoms with Crippen LogP contribution in [0.1, 0.15) is 26.7 Å². The fourth-order valence-corrected chi connectivity index (χ4v) is 1.50. The van der Waals surface area contributed by atoms with Crippen LogP contribution in [0.5, 0.6) is 0 Å². The smallest absolute Gasteiger partial charge is 0.132 e. The maximum Gasteiger partial charge on any atom is 0.132 e. The Balaban J connectivity index is 2.42. The van der Waals surface area contributed by atoms with Crippen LogP contribution in [-0.2, 0) is 4.84 Å². The van der Waals surface area contributed by atoms with Crippen LogP contribution in [0.2, 0.25) is 0 Å². The van der Waals surface area contributed by atoms with Crippen LogP contribution in [0.4, 0.5) is 0 Å². The normalized spacial score (nSPS) is 28.2. The van der Waals surface area contributed by atoms with Crippen LogP contribution in [0, 0.1) is 0 Å². The second kappa shape index (κ2) is 3.32. The third-order valence-corrected chi connectivity index (χ3v) is 2.06. The predicted molar refractivity (Wildman–Crippen MR) is 40.1 cm³/mol. The number of likely N-dealkylation sites (tertiary alicyclic amines) is 1. The van der Waals surface area contributed by atoms with Crippen molar-refractivity contribution in [3.8, 4) is 0 Å². The van der Waals surface area contributed by atoms with Gasteiger partial charge in [0.1, 0.15) is 6.23 Å². The molecule has 0 aromatic heterocycles. The van der Waals surface area contributed by atoms with Gasteiger partial charge in [-0.1, -0.05) is 0 Å². The summed E-state index contributed by atoms with van der Waals surface area (Å²) in [6.45, 7) is 5.45. The van der Waals surface area contributed by atoms with Crippen molar-refractivity contribution in [2.75, 3.05) is 6.54 Å². The van der Waals surface area contributed by atoms with E-state index in [9.17, 15) is 0 Å². The zero-order valence-corrected chi connectivity index (χ0v) is 6.71. The van der Waals surface area contributed by atoms with E-state index in [0.29, 0.717) is 6.04 Å². The Morgan fingerprint density at radius 3 is 2.70 bits per heavy atom.